The van der Waals surface area contributed by atoms with Crippen LogP contribution < -0.4 is 0 Å². The molecule has 0 aliphatic heterocycles. The first-order valence-electron chi connectivity index (χ1n) is 4.06. The van der Waals surface area contributed by atoms with E-state index in [1.54, 1.807) is 0 Å². The maximum absolute atomic E-state index is 4.94. The van der Waals surface area contributed by atoms with E-state index in [-0.39, 0.29) is 0 Å². The van der Waals surface area contributed by atoms with E-state index in [2.05, 4.69) is 48.5 Å². The summed E-state index contributed by atoms with van der Waals surface area (Å²) in [5, 5.41) is 2.62. The van der Waals surface area contributed by atoms with Crippen molar-refractivity contribution in [2.45, 2.75) is 0 Å². The van der Waals surface area contributed by atoms with E-state index < -0.39 is 11.4 Å². The van der Waals surface area contributed by atoms with Crippen LogP contribution in [0.15, 0.2) is 48.5 Å². The molecule has 0 N–H and O–H groups in total. The molecule has 0 saturated carbocycles. The van der Waals surface area contributed by atoms with Crippen molar-refractivity contribution in [2.24, 2.45) is 0 Å². The SMILES string of the molecule is [Cl][Al]([Cl])[Cl].c1ccc2ccccc2c1. The zero-order valence-corrected chi connectivity index (χ0v) is 10.8. The Labute approximate surface area is 100 Å². The first-order chi connectivity index (χ1) is 6.70. The quantitative estimate of drug-likeness (QED) is 0.611. The van der Waals surface area contributed by atoms with Crippen LogP contribution >= 0.6 is 30.1 Å². The Morgan fingerprint density at radius 2 is 0.857 bits per heavy atom. The van der Waals surface area contributed by atoms with E-state index in [0.717, 1.165) is 0 Å². The van der Waals surface area contributed by atoms with Crippen LogP contribution in [0.2, 0.25) is 0 Å². The lowest BCUT2D eigenvalue weighted by Gasteiger charge is -1.92. The third kappa shape index (κ3) is 4.55. The van der Waals surface area contributed by atoms with Gasteiger partial charge in [-0.2, -0.15) is 0 Å². The Morgan fingerprint density at radius 1 is 0.643 bits per heavy atom. The highest BCUT2D eigenvalue weighted by Gasteiger charge is 2.00. The lowest BCUT2D eigenvalue weighted by molar-refractivity contribution is 1.75. The zero-order chi connectivity index (χ0) is 10.4. The molecule has 2 aromatic carbocycles. The second kappa shape index (κ2) is 6.56. The molecule has 2 rings (SSSR count). The van der Waals surface area contributed by atoms with E-state index in [9.17, 15) is 0 Å². The van der Waals surface area contributed by atoms with Gasteiger partial charge in [0, 0.05) is 0 Å². The number of hydrogen-bond donors (Lipinski definition) is 0. The van der Waals surface area contributed by atoms with E-state index in [1.165, 1.54) is 10.8 Å². The van der Waals surface area contributed by atoms with Gasteiger partial charge in [-0.3, -0.25) is 0 Å². The van der Waals surface area contributed by atoms with Crippen LogP contribution in [-0.2, 0) is 0 Å². The molecule has 0 spiro atoms. The van der Waals surface area contributed by atoms with Crippen molar-refractivity contribution in [1.82, 2.24) is 0 Å². The fourth-order valence-electron chi connectivity index (χ4n) is 1.13. The molecule has 0 nitrogen and oxygen atoms in total. The van der Waals surface area contributed by atoms with Gasteiger partial charge in [-0.1, -0.05) is 48.5 Å². The van der Waals surface area contributed by atoms with Crippen molar-refractivity contribution in [3.63, 3.8) is 0 Å². The normalized spacial score (nSPS) is 9.07. The third-order valence-electron chi connectivity index (χ3n) is 1.66. The van der Waals surface area contributed by atoms with E-state index in [4.69, 9.17) is 30.1 Å². The topological polar surface area (TPSA) is 0 Å². The van der Waals surface area contributed by atoms with Gasteiger partial charge in [0.15, 0.2) is 0 Å². The van der Waals surface area contributed by atoms with Crippen molar-refractivity contribution in [1.29, 1.82) is 0 Å². The van der Waals surface area contributed by atoms with E-state index >= 15 is 0 Å². The highest BCUT2D eigenvalue weighted by atomic mass is 35.8. The number of hydrogen-bond acceptors (Lipinski definition) is 0. The lowest BCUT2D eigenvalue weighted by atomic mass is 10.1. The largest absolute Gasteiger partial charge is 0.643 e. The molecule has 0 amide bonds. The van der Waals surface area contributed by atoms with Gasteiger partial charge in [-0.15, -0.1) is 0 Å². The Bertz CT molecular complexity index is 322. The summed E-state index contributed by atoms with van der Waals surface area (Å²) in [6.07, 6.45) is 0. The predicted octanol–water partition coefficient (Wildman–Crippen LogP) is 4.53. The van der Waals surface area contributed by atoms with Crippen molar-refractivity contribution >= 4 is 52.3 Å². The Morgan fingerprint density at radius 3 is 1.07 bits per heavy atom. The maximum atomic E-state index is 4.94. The zero-order valence-electron chi connectivity index (χ0n) is 7.33. The van der Waals surface area contributed by atoms with Gasteiger partial charge >= 0.3 is 11.4 Å². The molecule has 0 aliphatic rings. The van der Waals surface area contributed by atoms with E-state index in [1.807, 2.05) is 0 Å². The first-order valence-corrected chi connectivity index (χ1v) is 9.30. The molecule has 14 heavy (non-hydrogen) atoms. The summed E-state index contributed by atoms with van der Waals surface area (Å²) < 4.78 is 0. The molecule has 0 atom stereocenters. The van der Waals surface area contributed by atoms with Gasteiger partial charge in [-0.25, -0.2) is 30.1 Å². The minimum Gasteiger partial charge on any atom is -0.214 e. The van der Waals surface area contributed by atoms with Crippen LogP contribution in [0, 0.1) is 0 Å². The molecular weight excluding hydrogens is 253 g/mol. The smallest absolute Gasteiger partial charge is 0.214 e. The molecular formula is C10H8AlCl3. The van der Waals surface area contributed by atoms with Crippen molar-refractivity contribution < 1.29 is 0 Å². The van der Waals surface area contributed by atoms with Crippen molar-refractivity contribution in [2.75, 3.05) is 0 Å². The molecule has 0 unspecified atom stereocenters. The van der Waals surface area contributed by atoms with Crippen LogP contribution in [0.25, 0.3) is 10.8 Å². The average molecular weight is 262 g/mol. The molecule has 0 heterocycles. The Hall–Kier alpha value is 0.102. The van der Waals surface area contributed by atoms with Crippen LogP contribution in [0.5, 0.6) is 0 Å². The molecule has 0 radical (unpaired) electrons. The number of rotatable bonds is 0. The summed E-state index contributed by atoms with van der Waals surface area (Å²) in [7, 11) is 14.8. The molecule has 0 bridgehead atoms. The molecule has 0 saturated heterocycles. The summed E-state index contributed by atoms with van der Waals surface area (Å²) in [4.78, 5) is 0. The monoisotopic (exact) mass is 260 g/mol. The van der Waals surface area contributed by atoms with Crippen LogP contribution in [0.3, 0.4) is 0 Å². The maximum Gasteiger partial charge on any atom is 0.643 e. The molecule has 4 heteroatoms. The van der Waals surface area contributed by atoms with Crippen molar-refractivity contribution in [3.8, 4) is 0 Å². The minimum atomic E-state index is -1.72. The highest BCUT2D eigenvalue weighted by molar-refractivity contribution is 7.54. The lowest BCUT2D eigenvalue weighted by Crippen LogP contribution is -1.67. The summed E-state index contributed by atoms with van der Waals surface area (Å²) in [6.45, 7) is 0. The second-order valence-corrected chi connectivity index (χ2v) is 9.03. The number of benzene rings is 2. The second-order valence-electron chi connectivity index (χ2n) is 2.59. The fraction of sp³-hybridized carbons (Fsp3) is 0. The van der Waals surface area contributed by atoms with Gasteiger partial charge in [0.05, 0.1) is 0 Å². The Balaban J connectivity index is 0.000000213. The average Bonchev–Trinajstić information content (AvgIpc) is 2.17. The summed E-state index contributed by atoms with van der Waals surface area (Å²) in [5.41, 5.74) is 0. The number of halogens is 3. The standard InChI is InChI=1S/C10H8.Al.3ClH/c1-2-6-10-8-4-3-7-9(10)5-1;;;;/h1-8H;;3*1H/q;+3;;;/p-3. The van der Waals surface area contributed by atoms with Gasteiger partial charge in [0.25, 0.3) is 0 Å². The predicted molar refractivity (Wildman–Crippen MR) is 67.3 cm³/mol. The van der Waals surface area contributed by atoms with Gasteiger partial charge in [-0.05, 0) is 10.8 Å². The molecule has 0 aromatic heterocycles. The summed E-state index contributed by atoms with van der Waals surface area (Å²) >= 11 is -1.72. The summed E-state index contributed by atoms with van der Waals surface area (Å²) in [5.74, 6) is 0. The Kier molecular flexibility index (Phi) is 5.71. The molecule has 0 aliphatic carbocycles. The van der Waals surface area contributed by atoms with Gasteiger partial charge in [0.2, 0.25) is 0 Å². The van der Waals surface area contributed by atoms with Crippen LogP contribution in [-0.4, -0.2) is 11.4 Å². The van der Waals surface area contributed by atoms with Crippen molar-refractivity contribution in [3.05, 3.63) is 48.5 Å². The fourth-order valence-corrected chi connectivity index (χ4v) is 1.13. The molecule has 0 fully saturated rings. The molecule has 72 valence electrons. The highest BCUT2D eigenvalue weighted by Crippen LogP contribution is 2.11. The van der Waals surface area contributed by atoms with Gasteiger partial charge in [0.1, 0.15) is 0 Å². The third-order valence-corrected chi connectivity index (χ3v) is 1.66. The van der Waals surface area contributed by atoms with E-state index in [0.29, 0.717) is 0 Å². The molecule has 2 aromatic rings. The van der Waals surface area contributed by atoms with Crippen LogP contribution in [0.4, 0.5) is 0 Å². The summed E-state index contributed by atoms with van der Waals surface area (Å²) in [6, 6.07) is 16.7. The van der Waals surface area contributed by atoms with Crippen LogP contribution in [0.1, 0.15) is 0 Å². The minimum absolute atomic E-state index is 1.31. The van der Waals surface area contributed by atoms with Gasteiger partial charge < -0.3 is 0 Å². The first kappa shape index (κ1) is 12.2. The number of fused-ring (bicyclic) bond motifs is 1.